The topological polar surface area (TPSA) is 61.3 Å². The Balaban J connectivity index is 2.22. The van der Waals surface area contributed by atoms with Gasteiger partial charge < -0.3 is 15.3 Å². The number of piperidine rings is 1. The van der Waals surface area contributed by atoms with Crippen LogP contribution in [0.1, 0.15) is 39.2 Å². The van der Waals surface area contributed by atoms with E-state index in [4.69, 9.17) is 0 Å². The first-order chi connectivity index (χ1) is 9.67. The maximum absolute atomic E-state index is 9.87. The summed E-state index contributed by atoms with van der Waals surface area (Å²) < 4.78 is 0. The number of nitrogens with one attached hydrogen (secondary N) is 1. The zero-order chi connectivity index (χ0) is 14.5. The molecule has 1 aromatic rings. The van der Waals surface area contributed by atoms with Crippen molar-refractivity contribution in [1.82, 2.24) is 9.97 Å². The molecule has 2 atom stereocenters. The Bertz CT molecular complexity index is 438. The van der Waals surface area contributed by atoms with E-state index in [2.05, 4.69) is 41.0 Å². The minimum Gasteiger partial charge on any atom is -0.393 e. The molecule has 0 bridgehead atoms. The van der Waals surface area contributed by atoms with Crippen molar-refractivity contribution in [3.63, 3.8) is 0 Å². The molecule has 2 unspecified atom stereocenters. The second-order valence-corrected chi connectivity index (χ2v) is 5.58. The van der Waals surface area contributed by atoms with Crippen LogP contribution in [-0.2, 0) is 6.42 Å². The van der Waals surface area contributed by atoms with Crippen molar-refractivity contribution in [2.75, 3.05) is 29.9 Å². The van der Waals surface area contributed by atoms with E-state index in [9.17, 15) is 5.11 Å². The Morgan fingerprint density at radius 2 is 2.20 bits per heavy atom. The first-order valence-electron chi connectivity index (χ1n) is 7.68. The molecule has 0 aromatic carbocycles. The molecular formula is C15H26N4O. The Morgan fingerprint density at radius 3 is 2.85 bits per heavy atom. The number of aliphatic hydroxyl groups excluding tert-OH is 1. The van der Waals surface area contributed by atoms with Crippen molar-refractivity contribution in [2.24, 2.45) is 5.92 Å². The summed E-state index contributed by atoms with van der Waals surface area (Å²) in [5.41, 5.74) is 1.18. The van der Waals surface area contributed by atoms with E-state index in [1.54, 1.807) is 6.33 Å². The van der Waals surface area contributed by atoms with Gasteiger partial charge in [0.2, 0.25) is 0 Å². The fraction of sp³-hybridized carbons (Fsp3) is 0.733. The standard InChI is InChI=1S/C15H26N4O/c1-4-7-16-14-12(5-2)15(18-10-17-14)19-8-6-13(20)11(3)9-19/h10-11,13,20H,4-9H2,1-3H3,(H,16,17,18). The van der Waals surface area contributed by atoms with Crippen molar-refractivity contribution in [3.8, 4) is 0 Å². The number of anilines is 2. The molecule has 0 amide bonds. The number of aliphatic hydroxyl groups is 1. The highest BCUT2D eigenvalue weighted by molar-refractivity contribution is 5.59. The minimum absolute atomic E-state index is 0.184. The molecular weight excluding hydrogens is 252 g/mol. The van der Waals surface area contributed by atoms with Crippen molar-refractivity contribution < 1.29 is 5.11 Å². The van der Waals surface area contributed by atoms with Crippen LogP contribution in [0.4, 0.5) is 11.6 Å². The van der Waals surface area contributed by atoms with Gasteiger partial charge in [-0.3, -0.25) is 0 Å². The lowest BCUT2D eigenvalue weighted by atomic mass is 9.96. The van der Waals surface area contributed by atoms with E-state index in [1.807, 2.05) is 0 Å². The van der Waals surface area contributed by atoms with Crippen molar-refractivity contribution >= 4 is 11.6 Å². The predicted molar refractivity (Wildman–Crippen MR) is 82.2 cm³/mol. The van der Waals surface area contributed by atoms with Gasteiger partial charge in [0.25, 0.3) is 0 Å². The van der Waals surface area contributed by atoms with Gasteiger partial charge in [0.1, 0.15) is 18.0 Å². The zero-order valence-electron chi connectivity index (χ0n) is 12.8. The molecule has 1 aliphatic rings. The highest BCUT2D eigenvalue weighted by Crippen LogP contribution is 2.28. The zero-order valence-corrected chi connectivity index (χ0v) is 12.8. The lowest BCUT2D eigenvalue weighted by molar-refractivity contribution is 0.0968. The van der Waals surface area contributed by atoms with Gasteiger partial charge in [-0.15, -0.1) is 0 Å². The smallest absolute Gasteiger partial charge is 0.137 e. The van der Waals surface area contributed by atoms with Crippen LogP contribution in [0, 0.1) is 5.92 Å². The number of hydrogen-bond acceptors (Lipinski definition) is 5. The first kappa shape index (κ1) is 15.0. The second-order valence-electron chi connectivity index (χ2n) is 5.58. The van der Waals surface area contributed by atoms with Crippen LogP contribution in [0.25, 0.3) is 0 Å². The lowest BCUT2D eigenvalue weighted by Crippen LogP contribution is -2.42. The number of aromatic nitrogens is 2. The highest BCUT2D eigenvalue weighted by Gasteiger charge is 2.26. The summed E-state index contributed by atoms with van der Waals surface area (Å²) in [6, 6.07) is 0. The highest BCUT2D eigenvalue weighted by atomic mass is 16.3. The van der Waals surface area contributed by atoms with E-state index in [0.29, 0.717) is 0 Å². The predicted octanol–water partition coefficient (Wildman–Crippen LogP) is 2.07. The Morgan fingerprint density at radius 1 is 1.40 bits per heavy atom. The van der Waals surface area contributed by atoms with Gasteiger partial charge in [-0.25, -0.2) is 9.97 Å². The Hall–Kier alpha value is -1.36. The van der Waals surface area contributed by atoms with Crippen LogP contribution < -0.4 is 10.2 Å². The average molecular weight is 278 g/mol. The molecule has 0 spiro atoms. The summed E-state index contributed by atoms with van der Waals surface area (Å²) in [7, 11) is 0. The largest absolute Gasteiger partial charge is 0.393 e. The van der Waals surface area contributed by atoms with Gasteiger partial charge in [-0.1, -0.05) is 20.8 Å². The number of rotatable bonds is 5. The summed E-state index contributed by atoms with van der Waals surface area (Å²) in [4.78, 5) is 11.2. The summed E-state index contributed by atoms with van der Waals surface area (Å²) >= 11 is 0. The van der Waals surface area contributed by atoms with Crippen LogP contribution in [0.2, 0.25) is 0 Å². The molecule has 0 saturated carbocycles. The molecule has 0 radical (unpaired) electrons. The van der Waals surface area contributed by atoms with Crippen LogP contribution in [-0.4, -0.2) is 40.8 Å². The molecule has 1 saturated heterocycles. The van der Waals surface area contributed by atoms with E-state index in [0.717, 1.165) is 50.5 Å². The third kappa shape index (κ3) is 3.20. The summed E-state index contributed by atoms with van der Waals surface area (Å²) in [5, 5.41) is 13.3. The SMILES string of the molecule is CCCNc1ncnc(N2CCC(O)C(C)C2)c1CC. The Kier molecular flexibility index (Phi) is 5.17. The molecule has 2 N–H and O–H groups in total. The van der Waals surface area contributed by atoms with Crippen LogP contribution in [0.15, 0.2) is 6.33 Å². The Labute approximate surface area is 121 Å². The molecule has 1 aromatic heterocycles. The maximum Gasteiger partial charge on any atom is 0.137 e. The normalized spacial score (nSPS) is 22.9. The fourth-order valence-corrected chi connectivity index (χ4v) is 2.72. The molecule has 5 heteroatoms. The van der Waals surface area contributed by atoms with Gasteiger partial charge in [-0.05, 0) is 25.2 Å². The molecule has 20 heavy (non-hydrogen) atoms. The molecule has 5 nitrogen and oxygen atoms in total. The number of nitrogens with zero attached hydrogens (tertiary/aromatic N) is 3. The molecule has 2 rings (SSSR count). The molecule has 2 heterocycles. The molecule has 1 fully saturated rings. The van der Waals surface area contributed by atoms with Crippen LogP contribution >= 0.6 is 0 Å². The molecule has 0 aliphatic carbocycles. The third-order valence-electron chi connectivity index (χ3n) is 3.98. The lowest BCUT2D eigenvalue weighted by Gasteiger charge is -2.36. The van der Waals surface area contributed by atoms with Gasteiger partial charge >= 0.3 is 0 Å². The van der Waals surface area contributed by atoms with E-state index >= 15 is 0 Å². The van der Waals surface area contributed by atoms with Crippen molar-refractivity contribution in [3.05, 3.63) is 11.9 Å². The third-order valence-corrected chi connectivity index (χ3v) is 3.98. The van der Waals surface area contributed by atoms with Crippen LogP contribution in [0.5, 0.6) is 0 Å². The fourth-order valence-electron chi connectivity index (χ4n) is 2.72. The average Bonchev–Trinajstić information content (AvgIpc) is 2.47. The monoisotopic (exact) mass is 278 g/mol. The van der Waals surface area contributed by atoms with Crippen LogP contribution in [0.3, 0.4) is 0 Å². The van der Waals surface area contributed by atoms with Gasteiger partial charge in [0, 0.05) is 25.2 Å². The van der Waals surface area contributed by atoms with E-state index < -0.39 is 0 Å². The first-order valence-corrected chi connectivity index (χ1v) is 7.68. The van der Waals surface area contributed by atoms with Crippen molar-refractivity contribution in [2.45, 2.75) is 46.1 Å². The quantitative estimate of drug-likeness (QED) is 0.863. The number of hydrogen-bond donors (Lipinski definition) is 2. The molecule has 1 aliphatic heterocycles. The van der Waals surface area contributed by atoms with Gasteiger partial charge in [0.15, 0.2) is 0 Å². The van der Waals surface area contributed by atoms with E-state index in [1.165, 1.54) is 5.56 Å². The molecule has 112 valence electrons. The van der Waals surface area contributed by atoms with Gasteiger partial charge in [0.05, 0.1) is 6.10 Å². The minimum atomic E-state index is -0.184. The maximum atomic E-state index is 9.87. The van der Waals surface area contributed by atoms with Gasteiger partial charge in [-0.2, -0.15) is 0 Å². The summed E-state index contributed by atoms with van der Waals surface area (Å²) in [6.07, 6.45) is 4.26. The summed E-state index contributed by atoms with van der Waals surface area (Å²) in [6.45, 7) is 9.04. The van der Waals surface area contributed by atoms with Crippen molar-refractivity contribution in [1.29, 1.82) is 0 Å². The second kappa shape index (κ2) is 6.88. The summed E-state index contributed by atoms with van der Waals surface area (Å²) in [5.74, 6) is 2.27. The van der Waals surface area contributed by atoms with E-state index in [-0.39, 0.29) is 12.0 Å².